The van der Waals surface area contributed by atoms with Crippen molar-refractivity contribution in [3.05, 3.63) is 53.6 Å². The molecule has 0 spiro atoms. The molecule has 0 fully saturated rings. The number of para-hydroxylation sites is 1. The largest absolute Gasteiger partial charge is 0.497 e. The molecule has 0 aliphatic carbocycles. The summed E-state index contributed by atoms with van der Waals surface area (Å²) in [7, 11) is 3.15. The van der Waals surface area contributed by atoms with Crippen LogP contribution in [0.1, 0.15) is 22.3 Å². The van der Waals surface area contributed by atoms with Crippen molar-refractivity contribution in [1.82, 2.24) is 5.32 Å². The van der Waals surface area contributed by atoms with Crippen molar-refractivity contribution in [2.24, 2.45) is 0 Å². The maximum absolute atomic E-state index is 12.3. The summed E-state index contributed by atoms with van der Waals surface area (Å²) >= 11 is 0. The van der Waals surface area contributed by atoms with Crippen LogP contribution < -0.4 is 20.1 Å². The van der Waals surface area contributed by atoms with Gasteiger partial charge in [-0.05, 0) is 36.2 Å². The molecule has 0 radical (unpaired) electrons. The monoisotopic (exact) mass is 366 g/mol. The van der Waals surface area contributed by atoms with Gasteiger partial charge in [-0.3, -0.25) is 9.59 Å². The zero-order valence-corrected chi connectivity index (χ0v) is 15.4. The molecule has 0 saturated carbocycles. The zero-order chi connectivity index (χ0) is 19.6. The first kappa shape index (κ1) is 19.9. The van der Waals surface area contributed by atoms with Crippen LogP contribution in [-0.2, 0) is 11.2 Å². The number of rotatable bonds is 8. The number of terminal acetylenes is 1. The summed E-state index contributed by atoms with van der Waals surface area (Å²) in [4.78, 5) is 24.5. The lowest BCUT2D eigenvalue weighted by Gasteiger charge is -2.11. The third-order valence-electron chi connectivity index (χ3n) is 3.85. The van der Waals surface area contributed by atoms with Crippen molar-refractivity contribution >= 4 is 17.5 Å². The summed E-state index contributed by atoms with van der Waals surface area (Å²) in [5.74, 6) is 3.15. The molecule has 0 aliphatic rings. The van der Waals surface area contributed by atoms with Crippen molar-refractivity contribution < 1.29 is 19.1 Å². The van der Waals surface area contributed by atoms with Crippen LogP contribution in [0.2, 0.25) is 0 Å². The van der Waals surface area contributed by atoms with Crippen LogP contribution in [0.5, 0.6) is 11.5 Å². The second-order valence-electron chi connectivity index (χ2n) is 5.70. The van der Waals surface area contributed by atoms with Gasteiger partial charge in [-0.15, -0.1) is 6.42 Å². The Balaban J connectivity index is 2.03. The minimum atomic E-state index is -0.332. The van der Waals surface area contributed by atoms with Gasteiger partial charge in [0, 0.05) is 12.5 Å². The topological polar surface area (TPSA) is 76.7 Å². The van der Waals surface area contributed by atoms with E-state index in [4.69, 9.17) is 15.9 Å². The Labute approximate surface area is 158 Å². The van der Waals surface area contributed by atoms with Crippen molar-refractivity contribution in [3.8, 4) is 23.8 Å². The van der Waals surface area contributed by atoms with Crippen molar-refractivity contribution in [1.29, 1.82) is 0 Å². The molecular weight excluding hydrogens is 344 g/mol. The molecule has 0 heterocycles. The summed E-state index contributed by atoms with van der Waals surface area (Å²) in [6.45, 7) is 0.124. The number of carbonyl (C=O) groups excluding carboxylic acids is 2. The lowest BCUT2D eigenvalue weighted by molar-refractivity contribution is -0.116. The lowest BCUT2D eigenvalue weighted by Crippen LogP contribution is -2.25. The zero-order valence-electron chi connectivity index (χ0n) is 15.4. The second-order valence-corrected chi connectivity index (χ2v) is 5.70. The quantitative estimate of drug-likeness (QED) is 0.704. The Bertz CT molecular complexity index is 833. The Morgan fingerprint density at radius 3 is 2.37 bits per heavy atom. The highest BCUT2D eigenvalue weighted by Crippen LogP contribution is 2.23. The van der Waals surface area contributed by atoms with E-state index in [-0.39, 0.29) is 24.8 Å². The number of ether oxygens (including phenoxy) is 2. The number of benzene rings is 2. The van der Waals surface area contributed by atoms with Crippen LogP contribution in [-0.4, -0.2) is 32.6 Å². The van der Waals surface area contributed by atoms with E-state index in [0.717, 1.165) is 5.56 Å². The van der Waals surface area contributed by atoms with Crippen LogP contribution in [0.25, 0.3) is 0 Å². The molecule has 0 saturated heterocycles. The fraction of sp³-hybridized carbons (Fsp3) is 0.238. The molecule has 2 rings (SSSR count). The molecule has 2 aromatic rings. The summed E-state index contributed by atoms with van der Waals surface area (Å²) in [6.07, 6.45) is 5.91. The first-order valence-corrected chi connectivity index (χ1v) is 8.40. The highest BCUT2D eigenvalue weighted by molar-refractivity contribution is 6.03. The van der Waals surface area contributed by atoms with Gasteiger partial charge in [0.2, 0.25) is 5.91 Å². The number of aryl methyl sites for hydroxylation is 1. The van der Waals surface area contributed by atoms with Crippen LogP contribution in [0.3, 0.4) is 0 Å². The molecule has 2 aromatic carbocycles. The second kappa shape index (κ2) is 9.88. The molecule has 6 nitrogen and oxygen atoms in total. The van der Waals surface area contributed by atoms with E-state index in [9.17, 15) is 9.59 Å². The van der Waals surface area contributed by atoms with E-state index < -0.39 is 0 Å². The molecule has 0 bridgehead atoms. The molecular formula is C21H22N2O4. The number of carbonyl (C=O) groups is 2. The normalized spacial score (nSPS) is 9.81. The van der Waals surface area contributed by atoms with Gasteiger partial charge >= 0.3 is 0 Å². The number of anilines is 1. The summed E-state index contributed by atoms with van der Waals surface area (Å²) in [6, 6.07) is 12.3. The van der Waals surface area contributed by atoms with E-state index in [2.05, 4.69) is 16.6 Å². The highest BCUT2D eigenvalue weighted by atomic mass is 16.5. The SMILES string of the molecule is C#CCNC(=O)c1ccccc1NC(=O)CCc1cc(OC)cc(OC)c1. The van der Waals surface area contributed by atoms with Gasteiger partial charge in [-0.25, -0.2) is 0 Å². The Hall–Kier alpha value is -3.46. The van der Waals surface area contributed by atoms with Crippen LogP contribution >= 0.6 is 0 Å². The fourth-order valence-corrected chi connectivity index (χ4v) is 2.50. The molecule has 27 heavy (non-hydrogen) atoms. The smallest absolute Gasteiger partial charge is 0.254 e. The molecule has 140 valence electrons. The van der Waals surface area contributed by atoms with Crippen LogP contribution in [0.15, 0.2) is 42.5 Å². The van der Waals surface area contributed by atoms with Crippen molar-refractivity contribution in [3.63, 3.8) is 0 Å². The first-order valence-electron chi connectivity index (χ1n) is 8.40. The van der Waals surface area contributed by atoms with Crippen LogP contribution in [0, 0.1) is 12.3 Å². The molecule has 6 heteroatoms. The molecule has 2 N–H and O–H groups in total. The maximum atomic E-state index is 12.3. The van der Waals surface area contributed by atoms with E-state index >= 15 is 0 Å². The predicted octanol–water partition coefficient (Wildman–Crippen LogP) is 2.64. The molecule has 0 atom stereocenters. The van der Waals surface area contributed by atoms with Gasteiger partial charge in [-0.1, -0.05) is 18.1 Å². The van der Waals surface area contributed by atoms with Gasteiger partial charge in [-0.2, -0.15) is 0 Å². The average Bonchev–Trinajstić information content (AvgIpc) is 2.70. The number of methoxy groups -OCH3 is 2. The lowest BCUT2D eigenvalue weighted by atomic mass is 10.1. The number of amides is 2. The van der Waals surface area contributed by atoms with Gasteiger partial charge < -0.3 is 20.1 Å². The summed E-state index contributed by atoms with van der Waals surface area (Å²) in [5.41, 5.74) is 1.73. The number of hydrogen-bond acceptors (Lipinski definition) is 4. The van der Waals surface area contributed by atoms with E-state index in [1.165, 1.54) is 0 Å². The molecule has 2 amide bonds. The summed E-state index contributed by atoms with van der Waals surface area (Å²) in [5, 5.41) is 5.37. The minimum absolute atomic E-state index is 0.124. The fourth-order valence-electron chi connectivity index (χ4n) is 2.50. The van der Waals surface area contributed by atoms with Gasteiger partial charge in [0.05, 0.1) is 32.0 Å². The molecule has 0 aliphatic heterocycles. The van der Waals surface area contributed by atoms with Crippen molar-refractivity contribution in [2.45, 2.75) is 12.8 Å². The Kier molecular flexibility index (Phi) is 7.26. The van der Waals surface area contributed by atoms with Crippen molar-refractivity contribution in [2.75, 3.05) is 26.1 Å². The first-order chi connectivity index (χ1) is 13.1. The van der Waals surface area contributed by atoms with Gasteiger partial charge in [0.15, 0.2) is 0 Å². The standard InChI is InChI=1S/C21H22N2O4/c1-4-11-22-21(25)18-7-5-6-8-19(18)23-20(24)10-9-15-12-16(26-2)14-17(13-15)27-3/h1,5-8,12-14H,9-11H2,2-3H3,(H,22,25)(H,23,24). The van der Waals surface area contributed by atoms with Gasteiger partial charge in [0.1, 0.15) is 11.5 Å². The van der Waals surface area contributed by atoms with E-state index in [0.29, 0.717) is 29.2 Å². The average molecular weight is 366 g/mol. The molecule has 0 unspecified atom stereocenters. The third kappa shape index (κ3) is 5.79. The maximum Gasteiger partial charge on any atom is 0.254 e. The van der Waals surface area contributed by atoms with Crippen LogP contribution in [0.4, 0.5) is 5.69 Å². The Morgan fingerprint density at radius 2 is 1.74 bits per heavy atom. The Morgan fingerprint density at radius 1 is 1.07 bits per heavy atom. The van der Waals surface area contributed by atoms with E-state index in [1.807, 2.05) is 12.1 Å². The van der Waals surface area contributed by atoms with E-state index in [1.54, 1.807) is 44.6 Å². The number of hydrogen-bond donors (Lipinski definition) is 2. The minimum Gasteiger partial charge on any atom is -0.497 e. The summed E-state index contributed by atoms with van der Waals surface area (Å²) < 4.78 is 10.5. The molecule has 0 aromatic heterocycles. The number of nitrogens with one attached hydrogen (secondary N) is 2. The predicted molar refractivity (Wildman–Crippen MR) is 104 cm³/mol. The highest BCUT2D eigenvalue weighted by Gasteiger charge is 2.13. The third-order valence-corrected chi connectivity index (χ3v) is 3.85. The van der Waals surface area contributed by atoms with Gasteiger partial charge in [0.25, 0.3) is 5.91 Å².